The summed E-state index contributed by atoms with van der Waals surface area (Å²) >= 11 is 8.36. The van der Waals surface area contributed by atoms with Crippen LogP contribution in [-0.4, -0.2) is 18.8 Å². The summed E-state index contributed by atoms with van der Waals surface area (Å²) in [6, 6.07) is 1.95. The topological polar surface area (TPSA) is 29.5 Å². The maximum atomic E-state index is 9.80. The highest BCUT2D eigenvalue weighted by Gasteiger charge is 2.12. The molecule has 0 spiro atoms. The summed E-state index contributed by atoms with van der Waals surface area (Å²) in [6.07, 6.45) is 1.25. The number of hydrogen-bond donors (Lipinski definition) is 1. The molecule has 0 amide bonds. The van der Waals surface area contributed by atoms with Crippen molar-refractivity contribution in [3.63, 3.8) is 0 Å². The first kappa shape index (κ1) is 12.6. The van der Waals surface area contributed by atoms with Crippen molar-refractivity contribution in [3.05, 3.63) is 19.2 Å². The SMILES string of the molecule is COCCCC(O)c1cc(Br)c(Br)s1. The summed E-state index contributed by atoms with van der Waals surface area (Å²) in [5.41, 5.74) is 0. The van der Waals surface area contributed by atoms with E-state index in [4.69, 9.17) is 4.74 Å². The van der Waals surface area contributed by atoms with Crippen LogP contribution in [0.25, 0.3) is 0 Å². The van der Waals surface area contributed by atoms with Gasteiger partial charge in [-0.15, -0.1) is 11.3 Å². The van der Waals surface area contributed by atoms with Crippen LogP contribution in [0.3, 0.4) is 0 Å². The molecule has 14 heavy (non-hydrogen) atoms. The summed E-state index contributed by atoms with van der Waals surface area (Å²) < 4.78 is 6.96. The van der Waals surface area contributed by atoms with Gasteiger partial charge >= 0.3 is 0 Å². The predicted octanol–water partition coefficient (Wildman–Crippen LogP) is 3.73. The fourth-order valence-corrected chi connectivity index (χ4v) is 3.20. The van der Waals surface area contributed by atoms with Crippen molar-refractivity contribution in [2.45, 2.75) is 18.9 Å². The average molecular weight is 344 g/mol. The molecule has 1 atom stereocenters. The Morgan fingerprint density at radius 1 is 1.57 bits per heavy atom. The first-order valence-electron chi connectivity index (χ1n) is 4.27. The molecule has 1 N–H and O–H groups in total. The van der Waals surface area contributed by atoms with Gasteiger partial charge in [-0.3, -0.25) is 0 Å². The lowest BCUT2D eigenvalue weighted by Crippen LogP contribution is -1.97. The van der Waals surface area contributed by atoms with Crippen LogP contribution in [0.1, 0.15) is 23.8 Å². The van der Waals surface area contributed by atoms with Gasteiger partial charge in [-0.2, -0.15) is 0 Å². The van der Waals surface area contributed by atoms with E-state index >= 15 is 0 Å². The molecule has 1 aromatic rings. The molecule has 0 aliphatic carbocycles. The van der Waals surface area contributed by atoms with Crippen molar-refractivity contribution in [1.82, 2.24) is 0 Å². The van der Waals surface area contributed by atoms with Gasteiger partial charge in [0.1, 0.15) is 0 Å². The zero-order chi connectivity index (χ0) is 10.6. The second kappa shape index (κ2) is 6.23. The first-order valence-corrected chi connectivity index (χ1v) is 6.67. The molecule has 1 aromatic heterocycles. The highest BCUT2D eigenvalue weighted by Crippen LogP contribution is 2.36. The average Bonchev–Trinajstić information content (AvgIpc) is 2.47. The summed E-state index contributed by atoms with van der Waals surface area (Å²) in [7, 11) is 1.67. The summed E-state index contributed by atoms with van der Waals surface area (Å²) in [5.74, 6) is 0. The number of hydrogen-bond acceptors (Lipinski definition) is 3. The molecule has 1 rings (SSSR count). The van der Waals surface area contributed by atoms with Gasteiger partial charge in [0.2, 0.25) is 0 Å². The van der Waals surface area contributed by atoms with Gasteiger partial charge in [-0.25, -0.2) is 0 Å². The number of aliphatic hydroxyl groups is 1. The summed E-state index contributed by atoms with van der Waals surface area (Å²) in [4.78, 5) is 0.986. The van der Waals surface area contributed by atoms with Crippen molar-refractivity contribution in [1.29, 1.82) is 0 Å². The molecule has 0 saturated heterocycles. The molecule has 1 heterocycles. The van der Waals surface area contributed by atoms with E-state index in [1.807, 2.05) is 6.07 Å². The van der Waals surface area contributed by atoms with E-state index in [0.717, 1.165) is 26.0 Å². The summed E-state index contributed by atoms with van der Waals surface area (Å²) in [6.45, 7) is 0.699. The molecular formula is C9H12Br2O2S. The maximum absolute atomic E-state index is 9.80. The van der Waals surface area contributed by atoms with Crippen LogP contribution in [0.15, 0.2) is 14.3 Å². The lowest BCUT2D eigenvalue weighted by atomic mass is 10.2. The second-order valence-corrected chi connectivity index (χ2v) is 6.18. The van der Waals surface area contributed by atoms with Crippen molar-refractivity contribution in [2.75, 3.05) is 13.7 Å². The standard InChI is InChI=1S/C9H12Br2O2S/c1-13-4-2-3-7(12)8-5-6(10)9(11)14-8/h5,7,12H,2-4H2,1H3. The monoisotopic (exact) mass is 342 g/mol. The van der Waals surface area contributed by atoms with Gasteiger partial charge in [0.25, 0.3) is 0 Å². The quantitative estimate of drug-likeness (QED) is 0.825. The number of rotatable bonds is 5. The normalized spacial score (nSPS) is 13.1. The van der Waals surface area contributed by atoms with E-state index in [1.165, 1.54) is 0 Å². The van der Waals surface area contributed by atoms with E-state index < -0.39 is 0 Å². The third-order valence-electron chi connectivity index (χ3n) is 1.82. The molecule has 0 radical (unpaired) electrons. The minimum Gasteiger partial charge on any atom is -0.388 e. The van der Waals surface area contributed by atoms with E-state index in [0.29, 0.717) is 6.61 Å². The van der Waals surface area contributed by atoms with Crippen LogP contribution in [0.5, 0.6) is 0 Å². The second-order valence-electron chi connectivity index (χ2n) is 2.92. The van der Waals surface area contributed by atoms with Gasteiger partial charge in [0.15, 0.2) is 0 Å². The maximum Gasteiger partial charge on any atom is 0.0883 e. The Morgan fingerprint density at radius 2 is 2.29 bits per heavy atom. The van der Waals surface area contributed by atoms with Crippen molar-refractivity contribution >= 4 is 43.2 Å². The molecule has 0 aliphatic rings. The Kier molecular flexibility index (Phi) is 5.62. The molecule has 0 saturated carbocycles. The Balaban J connectivity index is 2.47. The Labute approximate surface area is 105 Å². The minimum absolute atomic E-state index is 0.377. The van der Waals surface area contributed by atoms with Crippen LogP contribution in [0, 0.1) is 0 Å². The molecule has 2 nitrogen and oxygen atoms in total. The predicted molar refractivity (Wildman–Crippen MR) is 65.8 cm³/mol. The minimum atomic E-state index is -0.377. The fourth-order valence-electron chi connectivity index (χ4n) is 1.09. The third-order valence-corrected chi connectivity index (χ3v) is 5.18. The van der Waals surface area contributed by atoms with E-state index in [2.05, 4.69) is 31.9 Å². The van der Waals surface area contributed by atoms with E-state index in [1.54, 1.807) is 18.4 Å². The smallest absolute Gasteiger partial charge is 0.0883 e. The van der Waals surface area contributed by atoms with Crippen molar-refractivity contribution < 1.29 is 9.84 Å². The van der Waals surface area contributed by atoms with Gasteiger partial charge in [-0.1, -0.05) is 0 Å². The lowest BCUT2D eigenvalue weighted by Gasteiger charge is -2.06. The summed E-state index contributed by atoms with van der Waals surface area (Å²) in [5, 5.41) is 9.80. The third kappa shape index (κ3) is 3.62. The first-order chi connectivity index (χ1) is 6.65. The fraction of sp³-hybridized carbons (Fsp3) is 0.556. The van der Waals surface area contributed by atoms with E-state index in [-0.39, 0.29) is 6.10 Å². The molecule has 0 aromatic carbocycles. The number of aliphatic hydroxyl groups excluding tert-OH is 1. The van der Waals surface area contributed by atoms with Crippen molar-refractivity contribution in [3.8, 4) is 0 Å². The van der Waals surface area contributed by atoms with Crippen molar-refractivity contribution in [2.24, 2.45) is 0 Å². The largest absolute Gasteiger partial charge is 0.388 e. The van der Waals surface area contributed by atoms with Crippen LogP contribution in [0.4, 0.5) is 0 Å². The number of thiophene rings is 1. The van der Waals surface area contributed by atoms with Gasteiger partial charge in [0.05, 0.1) is 9.89 Å². The van der Waals surface area contributed by atoms with Crippen LogP contribution < -0.4 is 0 Å². The molecule has 0 aliphatic heterocycles. The number of halogens is 2. The van der Waals surface area contributed by atoms with Crippen LogP contribution in [-0.2, 0) is 4.74 Å². The Bertz CT molecular complexity index is 269. The molecule has 5 heteroatoms. The zero-order valence-corrected chi connectivity index (χ0v) is 11.8. The highest BCUT2D eigenvalue weighted by molar-refractivity contribution is 9.13. The Morgan fingerprint density at radius 3 is 2.79 bits per heavy atom. The molecular weight excluding hydrogens is 332 g/mol. The number of ether oxygens (including phenoxy) is 1. The molecule has 80 valence electrons. The molecule has 0 fully saturated rings. The van der Waals surface area contributed by atoms with Crippen LogP contribution in [0.2, 0.25) is 0 Å². The highest BCUT2D eigenvalue weighted by atomic mass is 79.9. The molecule has 1 unspecified atom stereocenters. The Hall–Kier alpha value is 0.580. The van der Waals surface area contributed by atoms with Gasteiger partial charge < -0.3 is 9.84 Å². The van der Waals surface area contributed by atoms with Gasteiger partial charge in [0, 0.05) is 23.1 Å². The lowest BCUT2D eigenvalue weighted by molar-refractivity contribution is 0.138. The van der Waals surface area contributed by atoms with E-state index in [9.17, 15) is 5.11 Å². The zero-order valence-electron chi connectivity index (χ0n) is 7.80. The van der Waals surface area contributed by atoms with Gasteiger partial charge in [-0.05, 0) is 50.8 Å². The number of methoxy groups -OCH3 is 1. The van der Waals surface area contributed by atoms with Crippen LogP contribution >= 0.6 is 43.2 Å². The molecule has 0 bridgehead atoms.